The number of halogens is 2. The van der Waals surface area contributed by atoms with E-state index in [1.54, 1.807) is 18.2 Å². The quantitative estimate of drug-likeness (QED) is 0.673. The van der Waals surface area contributed by atoms with Crippen molar-refractivity contribution in [3.8, 4) is 0 Å². The average Bonchev–Trinajstić information content (AvgIpc) is 3.04. The van der Waals surface area contributed by atoms with Gasteiger partial charge >= 0.3 is 0 Å². The molecule has 0 radical (unpaired) electrons. The summed E-state index contributed by atoms with van der Waals surface area (Å²) in [6, 6.07) is 7.53. The predicted octanol–water partition coefficient (Wildman–Crippen LogP) is 0.925. The molecule has 0 unspecified atom stereocenters. The van der Waals surface area contributed by atoms with Gasteiger partial charge in [0.2, 0.25) is 15.9 Å². The zero-order chi connectivity index (χ0) is 24.0. The molecule has 1 amide bonds. The molecule has 0 spiro atoms. The molecule has 1 saturated heterocycles. The van der Waals surface area contributed by atoms with Crippen LogP contribution in [-0.2, 0) is 24.8 Å². The Hall–Kier alpha value is -2.90. The number of aliphatic imine (C=N–C) groups is 1. The summed E-state index contributed by atoms with van der Waals surface area (Å²) in [5.74, 6) is -2.28. The molecular formula is C20H20F2N4O5S2. The lowest BCUT2D eigenvalue weighted by Gasteiger charge is -2.34. The van der Waals surface area contributed by atoms with Crippen LogP contribution in [-0.4, -0.2) is 70.0 Å². The Labute approximate surface area is 189 Å². The van der Waals surface area contributed by atoms with Crippen molar-refractivity contribution in [2.45, 2.75) is 22.8 Å². The Balaban J connectivity index is 1.46. The normalized spacial score (nSPS) is 20.3. The minimum Gasteiger partial charge on any atom is -0.338 e. The van der Waals surface area contributed by atoms with E-state index in [0.717, 1.165) is 16.4 Å². The zero-order valence-corrected chi connectivity index (χ0v) is 19.0. The average molecular weight is 499 g/mol. The van der Waals surface area contributed by atoms with Crippen LogP contribution in [0, 0.1) is 11.6 Å². The number of carbonyl (C=O) groups excluding carboxylic acids is 1. The third-order valence-electron chi connectivity index (χ3n) is 5.40. The zero-order valence-electron chi connectivity index (χ0n) is 17.4. The molecule has 9 nitrogen and oxygen atoms in total. The Morgan fingerprint density at radius 3 is 2.45 bits per heavy atom. The largest absolute Gasteiger partial charge is 0.338 e. The Morgan fingerprint density at radius 1 is 1.09 bits per heavy atom. The Bertz CT molecular complexity index is 1350. The van der Waals surface area contributed by atoms with Gasteiger partial charge in [-0.1, -0.05) is 12.1 Å². The molecule has 0 aliphatic carbocycles. The van der Waals surface area contributed by atoms with Gasteiger partial charge in [0, 0.05) is 31.7 Å². The molecule has 33 heavy (non-hydrogen) atoms. The van der Waals surface area contributed by atoms with Crippen molar-refractivity contribution in [3.05, 3.63) is 59.7 Å². The predicted molar refractivity (Wildman–Crippen MR) is 114 cm³/mol. The van der Waals surface area contributed by atoms with Crippen molar-refractivity contribution in [3.63, 3.8) is 0 Å². The van der Waals surface area contributed by atoms with Crippen molar-refractivity contribution in [2.24, 2.45) is 4.99 Å². The summed E-state index contributed by atoms with van der Waals surface area (Å²) < 4.78 is 80.6. The van der Waals surface area contributed by atoms with Gasteiger partial charge in [0.05, 0.1) is 4.90 Å². The topological polar surface area (TPSA) is 116 Å². The second kappa shape index (κ2) is 8.47. The molecule has 2 aromatic carbocycles. The van der Waals surface area contributed by atoms with Crippen LogP contribution < -0.4 is 4.72 Å². The van der Waals surface area contributed by atoms with Gasteiger partial charge in [-0.2, -0.15) is 4.31 Å². The number of rotatable bonds is 4. The monoisotopic (exact) mass is 498 g/mol. The van der Waals surface area contributed by atoms with Gasteiger partial charge in [-0.15, -0.1) is 0 Å². The smallest absolute Gasteiger partial charge is 0.263 e. The number of benzene rings is 2. The molecule has 1 fully saturated rings. The van der Waals surface area contributed by atoms with Crippen molar-refractivity contribution < 1.29 is 30.4 Å². The van der Waals surface area contributed by atoms with Gasteiger partial charge < -0.3 is 4.90 Å². The third-order valence-corrected chi connectivity index (χ3v) is 8.72. The van der Waals surface area contributed by atoms with Crippen LogP contribution in [0.25, 0.3) is 0 Å². The van der Waals surface area contributed by atoms with Crippen LogP contribution in [0.5, 0.6) is 0 Å². The van der Waals surface area contributed by atoms with Crippen molar-refractivity contribution in [1.82, 2.24) is 13.9 Å². The first-order valence-electron chi connectivity index (χ1n) is 9.95. The highest BCUT2D eigenvalue weighted by Gasteiger charge is 2.35. The van der Waals surface area contributed by atoms with E-state index in [9.17, 15) is 30.4 Å². The maximum atomic E-state index is 14.0. The number of fused-ring (bicyclic) bond motifs is 1. The maximum Gasteiger partial charge on any atom is 0.263 e. The summed E-state index contributed by atoms with van der Waals surface area (Å²) in [5.41, 5.74) is 0.366. The lowest BCUT2D eigenvalue weighted by Crippen LogP contribution is -2.52. The molecule has 0 saturated carbocycles. The van der Waals surface area contributed by atoms with E-state index in [-0.39, 0.29) is 36.9 Å². The highest BCUT2D eigenvalue weighted by Crippen LogP contribution is 2.24. The third kappa shape index (κ3) is 4.35. The van der Waals surface area contributed by atoms with Crippen LogP contribution in [0.1, 0.15) is 12.5 Å². The molecule has 2 aromatic rings. The summed E-state index contributed by atoms with van der Waals surface area (Å²) in [7, 11) is -8.02. The maximum absolute atomic E-state index is 14.0. The summed E-state index contributed by atoms with van der Waals surface area (Å²) in [5, 5.41) is 0. The summed E-state index contributed by atoms with van der Waals surface area (Å²) >= 11 is 0. The first-order valence-corrected chi connectivity index (χ1v) is 12.9. The number of carbonyl (C=O) groups is 1. The first kappa shape index (κ1) is 23.3. The molecule has 2 aliphatic heterocycles. The van der Waals surface area contributed by atoms with E-state index in [0.29, 0.717) is 11.6 Å². The fourth-order valence-corrected chi connectivity index (χ4v) is 6.44. The summed E-state index contributed by atoms with van der Waals surface area (Å²) in [6.07, 6.45) is 0. The first-order chi connectivity index (χ1) is 15.5. The van der Waals surface area contributed by atoms with Crippen molar-refractivity contribution >= 4 is 31.8 Å². The summed E-state index contributed by atoms with van der Waals surface area (Å²) in [6.45, 7) is 1.33. The van der Waals surface area contributed by atoms with Gasteiger partial charge in [0.1, 0.15) is 28.4 Å². The van der Waals surface area contributed by atoms with Crippen molar-refractivity contribution in [2.75, 3.05) is 26.2 Å². The number of amides is 1. The summed E-state index contributed by atoms with van der Waals surface area (Å²) in [4.78, 5) is 17.8. The number of sulfonamides is 2. The molecule has 0 bridgehead atoms. The standard InChI is InChI=1S/C20H20F2N4O5S2/c1-13(23-19-15-4-2-3-5-17(15)32(28,29)24-19)20(27)25-8-10-26(11-9-25)33(30,31)18-12-14(21)6-7-16(18)22/h2-7,12-13H,8-11H2,1H3,(H,23,24)/t13-/m0/s1. The number of nitrogens with zero attached hydrogens (tertiary/aromatic N) is 3. The Morgan fingerprint density at radius 2 is 1.76 bits per heavy atom. The van der Waals surface area contributed by atoms with Gasteiger partial charge in [-0.05, 0) is 37.3 Å². The highest BCUT2D eigenvalue weighted by molar-refractivity contribution is 7.90. The molecule has 2 heterocycles. The van der Waals surface area contributed by atoms with E-state index in [2.05, 4.69) is 9.71 Å². The molecule has 0 aromatic heterocycles. The fourth-order valence-electron chi connectivity index (χ4n) is 3.71. The molecular weight excluding hydrogens is 478 g/mol. The minimum atomic E-state index is -4.27. The van der Waals surface area contributed by atoms with Crippen LogP contribution in [0.4, 0.5) is 8.78 Å². The molecule has 1 N–H and O–H groups in total. The molecule has 1 atom stereocenters. The van der Waals surface area contributed by atoms with Crippen LogP contribution in [0.3, 0.4) is 0 Å². The molecule has 13 heteroatoms. The lowest BCUT2D eigenvalue weighted by molar-refractivity contribution is -0.133. The SMILES string of the molecule is C[C@H](N=C1NS(=O)(=O)c2ccccc21)C(=O)N1CCN(S(=O)(=O)c2cc(F)ccc2F)CC1. The second-order valence-corrected chi connectivity index (χ2v) is 11.1. The lowest BCUT2D eigenvalue weighted by atomic mass is 10.2. The van der Waals surface area contributed by atoms with Crippen molar-refractivity contribution in [1.29, 1.82) is 0 Å². The Kier molecular flexibility index (Phi) is 5.97. The van der Waals surface area contributed by atoms with E-state index in [4.69, 9.17) is 0 Å². The van der Waals surface area contributed by atoms with E-state index < -0.39 is 48.5 Å². The number of hydrogen-bond acceptors (Lipinski definition) is 6. The number of nitrogens with one attached hydrogen (secondary N) is 1. The molecule has 176 valence electrons. The fraction of sp³-hybridized carbons (Fsp3) is 0.300. The van der Waals surface area contributed by atoms with Gasteiger partial charge in [-0.3, -0.25) is 14.5 Å². The van der Waals surface area contributed by atoms with Gasteiger partial charge in [0.15, 0.2) is 0 Å². The van der Waals surface area contributed by atoms with E-state index in [1.807, 2.05) is 0 Å². The number of hydrogen-bond donors (Lipinski definition) is 1. The number of piperazine rings is 1. The van der Waals surface area contributed by atoms with Gasteiger partial charge in [0.25, 0.3) is 10.0 Å². The van der Waals surface area contributed by atoms with Crippen LogP contribution in [0.2, 0.25) is 0 Å². The second-order valence-electron chi connectivity index (χ2n) is 7.56. The number of amidine groups is 1. The van der Waals surface area contributed by atoms with Crippen LogP contribution >= 0.6 is 0 Å². The van der Waals surface area contributed by atoms with Gasteiger partial charge in [-0.25, -0.2) is 25.6 Å². The molecule has 4 rings (SSSR count). The van der Waals surface area contributed by atoms with E-state index in [1.165, 1.54) is 17.9 Å². The van der Waals surface area contributed by atoms with E-state index >= 15 is 0 Å². The molecule has 2 aliphatic rings. The highest BCUT2D eigenvalue weighted by atomic mass is 32.2. The van der Waals surface area contributed by atoms with Crippen LogP contribution in [0.15, 0.2) is 57.2 Å². The minimum absolute atomic E-state index is 0.0203.